The van der Waals surface area contributed by atoms with Crippen LogP contribution in [0.15, 0.2) is 24.3 Å². The number of benzene rings is 1. The van der Waals surface area contributed by atoms with E-state index in [-0.39, 0.29) is 5.75 Å². The maximum Gasteiger partial charge on any atom is 0.298 e. The molecule has 1 heterocycles. The van der Waals surface area contributed by atoms with Crippen molar-refractivity contribution < 1.29 is 14.7 Å². The molecule has 0 aromatic heterocycles. The van der Waals surface area contributed by atoms with E-state index in [9.17, 15) is 5.11 Å². The van der Waals surface area contributed by atoms with Crippen LogP contribution in [0.2, 0.25) is 0 Å². The summed E-state index contributed by atoms with van der Waals surface area (Å²) >= 11 is 0. The summed E-state index contributed by atoms with van der Waals surface area (Å²) in [5.74, 6) is -0.749. The number of nitrogens with one attached hydrogen (secondary N) is 1. The Morgan fingerprint density at radius 2 is 2.23 bits per heavy atom. The third-order valence-electron chi connectivity index (χ3n) is 1.89. The van der Waals surface area contributed by atoms with Crippen molar-refractivity contribution in [2.24, 2.45) is 0 Å². The molecule has 0 saturated carbocycles. The SMILES string of the molecule is CCOC1(c2ccccc2O)NO1. The van der Waals surface area contributed by atoms with Crippen molar-refractivity contribution in [1.82, 2.24) is 5.48 Å². The van der Waals surface area contributed by atoms with Crippen molar-refractivity contribution >= 4 is 0 Å². The zero-order valence-corrected chi connectivity index (χ0v) is 7.28. The van der Waals surface area contributed by atoms with Gasteiger partial charge in [-0.15, -0.1) is 5.48 Å². The van der Waals surface area contributed by atoms with Crippen molar-refractivity contribution in [1.29, 1.82) is 0 Å². The molecule has 1 atom stereocenters. The quantitative estimate of drug-likeness (QED) is 0.685. The normalized spacial score (nSPS) is 25.9. The summed E-state index contributed by atoms with van der Waals surface area (Å²) in [5.41, 5.74) is 3.23. The Hall–Kier alpha value is -1.10. The van der Waals surface area contributed by atoms with Crippen LogP contribution < -0.4 is 5.48 Å². The van der Waals surface area contributed by atoms with Gasteiger partial charge in [0.15, 0.2) is 0 Å². The van der Waals surface area contributed by atoms with Gasteiger partial charge in [0, 0.05) is 6.61 Å². The first-order valence-corrected chi connectivity index (χ1v) is 4.16. The molecule has 1 aliphatic rings. The van der Waals surface area contributed by atoms with Crippen LogP contribution in [0, 0.1) is 0 Å². The number of ether oxygens (including phenoxy) is 1. The molecule has 0 amide bonds. The molecule has 13 heavy (non-hydrogen) atoms. The summed E-state index contributed by atoms with van der Waals surface area (Å²) in [6.45, 7) is 2.38. The topological polar surface area (TPSA) is 63.9 Å². The summed E-state index contributed by atoms with van der Waals surface area (Å²) in [6.07, 6.45) is 0. The number of hydroxylamine groups is 1. The monoisotopic (exact) mass is 181 g/mol. The summed E-state index contributed by atoms with van der Waals surface area (Å²) < 4.78 is 5.31. The highest BCUT2D eigenvalue weighted by Gasteiger charge is 2.50. The second-order valence-electron chi connectivity index (χ2n) is 2.77. The van der Waals surface area contributed by atoms with Gasteiger partial charge in [0.25, 0.3) is 5.91 Å². The highest BCUT2D eigenvalue weighted by Crippen LogP contribution is 2.38. The zero-order valence-electron chi connectivity index (χ0n) is 7.28. The number of phenols is 1. The number of rotatable bonds is 3. The van der Waals surface area contributed by atoms with Crippen LogP contribution in [0.4, 0.5) is 0 Å². The van der Waals surface area contributed by atoms with Crippen molar-refractivity contribution in [3.05, 3.63) is 29.8 Å². The molecule has 0 radical (unpaired) electrons. The molecule has 4 nitrogen and oxygen atoms in total. The first-order chi connectivity index (χ1) is 6.28. The van der Waals surface area contributed by atoms with Gasteiger partial charge in [0.2, 0.25) is 0 Å². The van der Waals surface area contributed by atoms with Crippen molar-refractivity contribution in [2.45, 2.75) is 12.8 Å². The molecule has 1 saturated heterocycles. The van der Waals surface area contributed by atoms with Crippen LogP contribution in [0.3, 0.4) is 0 Å². The van der Waals surface area contributed by atoms with Gasteiger partial charge in [-0.3, -0.25) is 0 Å². The van der Waals surface area contributed by atoms with Crippen molar-refractivity contribution in [3.8, 4) is 5.75 Å². The molecular weight excluding hydrogens is 170 g/mol. The van der Waals surface area contributed by atoms with Crippen LogP contribution in [-0.4, -0.2) is 11.7 Å². The summed E-state index contributed by atoms with van der Waals surface area (Å²) in [5, 5.41) is 9.51. The first kappa shape index (κ1) is 8.50. The minimum atomic E-state index is -0.917. The van der Waals surface area contributed by atoms with Gasteiger partial charge in [0.1, 0.15) is 5.75 Å². The van der Waals surface area contributed by atoms with E-state index in [1.807, 2.05) is 13.0 Å². The maximum absolute atomic E-state index is 9.51. The average Bonchev–Trinajstić information content (AvgIpc) is 2.87. The molecule has 70 valence electrons. The Balaban J connectivity index is 2.30. The Bertz CT molecular complexity index is 309. The van der Waals surface area contributed by atoms with Crippen LogP contribution in [0.5, 0.6) is 5.75 Å². The predicted octanol–water partition coefficient (Wildman–Crippen LogP) is 1.07. The second-order valence-corrected chi connectivity index (χ2v) is 2.77. The molecule has 0 aliphatic carbocycles. The lowest BCUT2D eigenvalue weighted by Crippen LogP contribution is -2.17. The van der Waals surface area contributed by atoms with E-state index in [1.165, 1.54) is 0 Å². The highest BCUT2D eigenvalue weighted by atomic mass is 16.9. The van der Waals surface area contributed by atoms with E-state index < -0.39 is 5.91 Å². The highest BCUT2D eigenvalue weighted by molar-refractivity contribution is 5.36. The van der Waals surface area contributed by atoms with Gasteiger partial charge in [0.05, 0.1) is 5.56 Å². The largest absolute Gasteiger partial charge is 0.507 e. The fourth-order valence-electron chi connectivity index (χ4n) is 1.25. The molecule has 0 bridgehead atoms. The summed E-state index contributed by atoms with van der Waals surface area (Å²) in [6, 6.07) is 6.92. The van der Waals surface area contributed by atoms with Crippen molar-refractivity contribution in [2.75, 3.05) is 6.61 Å². The number of aromatic hydroxyl groups is 1. The number of para-hydroxylation sites is 1. The molecule has 1 unspecified atom stereocenters. The van der Waals surface area contributed by atoms with Gasteiger partial charge in [-0.1, -0.05) is 12.1 Å². The molecule has 0 spiro atoms. The van der Waals surface area contributed by atoms with Crippen LogP contribution in [-0.2, 0) is 15.5 Å². The summed E-state index contributed by atoms with van der Waals surface area (Å²) in [7, 11) is 0. The molecule has 1 aliphatic heterocycles. The van der Waals surface area contributed by atoms with Crippen molar-refractivity contribution in [3.63, 3.8) is 0 Å². The molecule has 4 heteroatoms. The minimum absolute atomic E-state index is 0.168. The smallest absolute Gasteiger partial charge is 0.298 e. The molecule has 1 fully saturated rings. The van der Waals surface area contributed by atoms with E-state index >= 15 is 0 Å². The predicted molar refractivity (Wildman–Crippen MR) is 45.6 cm³/mol. The molecular formula is C9H11NO3. The van der Waals surface area contributed by atoms with Gasteiger partial charge in [-0.05, 0) is 19.1 Å². The third-order valence-corrected chi connectivity index (χ3v) is 1.89. The van der Waals surface area contributed by atoms with Crippen LogP contribution >= 0.6 is 0 Å². The van der Waals surface area contributed by atoms with E-state index in [0.29, 0.717) is 12.2 Å². The number of phenolic OH excluding ortho intramolecular Hbond substituents is 1. The maximum atomic E-state index is 9.51. The fraction of sp³-hybridized carbons (Fsp3) is 0.333. The molecule has 1 aromatic carbocycles. The van der Waals surface area contributed by atoms with Crippen LogP contribution in [0.25, 0.3) is 0 Å². The lowest BCUT2D eigenvalue weighted by atomic mass is 10.1. The molecule has 1 aromatic rings. The second kappa shape index (κ2) is 2.99. The minimum Gasteiger partial charge on any atom is -0.507 e. The number of hydrogen-bond donors (Lipinski definition) is 2. The number of hydrogen-bond acceptors (Lipinski definition) is 4. The average molecular weight is 181 g/mol. The van der Waals surface area contributed by atoms with E-state index in [0.717, 1.165) is 0 Å². The van der Waals surface area contributed by atoms with Gasteiger partial charge < -0.3 is 9.84 Å². The van der Waals surface area contributed by atoms with Gasteiger partial charge in [-0.25, -0.2) is 4.84 Å². The lowest BCUT2D eigenvalue weighted by molar-refractivity contribution is -0.0436. The Morgan fingerprint density at radius 3 is 2.77 bits per heavy atom. The zero-order chi connectivity index (χ0) is 9.31. The van der Waals surface area contributed by atoms with E-state index in [2.05, 4.69) is 5.48 Å². The Labute approximate surface area is 76.0 Å². The Morgan fingerprint density at radius 1 is 1.54 bits per heavy atom. The first-order valence-electron chi connectivity index (χ1n) is 4.16. The summed E-state index contributed by atoms with van der Waals surface area (Å²) in [4.78, 5) is 4.97. The standard InChI is InChI=1S/C9H11NO3/c1-2-12-9(10-13-9)7-5-3-4-6-8(7)11/h3-6,10-11H,2H2,1H3. The van der Waals surface area contributed by atoms with Gasteiger partial charge in [-0.2, -0.15) is 0 Å². The molecule has 2 N–H and O–H groups in total. The van der Waals surface area contributed by atoms with E-state index in [4.69, 9.17) is 9.57 Å². The third kappa shape index (κ3) is 1.39. The van der Waals surface area contributed by atoms with Crippen LogP contribution in [0.1, 0.15) is 12.5 Å². The lowest BCUT2D eigenvalue weighted by Gasteiger charge is -2.10. The fourth-order valence-corrected chi connectivity index (χ4v) is 1.25. The van der Waals surface area contributed by atoms with Gasteiger partial charge >= 0.3 is 0 Å². The molecule has 2 rings (SSSR count). The van der Waals surface area contributed by atoms with E-state index in [1.54, 1.807) is 18.2 Å². The Kier molecular flexibility index (Phi) is 1.95.